The third-order valence-electron chi connectivity index (χ3n) is 6.91. The number of anilines is 1. The Balaban J connectivity index is 1.35. The minimum Gasteiger partial charge on any atom is -0.453 e. The van der Waals surface area contributed by atoms with Gasteiger partial charge in [0.15, 0.2) is 5.65 Å². The van der Waals surface area contributed by atoms with Gasteiger partial charge in [0.25, 0.3) is 5.91 Å². The molecule has 3 aromatic rings. The number of hydrogen-bond donors (Lipinski definition) is 3. The zero-order chi connectivity index (χ0) is 25.3. The average molecular weight is 489 g/mol. The van der Waals surface area contributed by atoms with Crippen molar-refractivity contribution in [2.75, 3.05) is 12.4 Å². The smallest absolute Gasteiger partial charge is 0.407 e. The summed E-state index contributed by atoms with van der Waals surface area (Å²) in [5.41, 5.74) is 3.41. The lowest BCUT2D eigenvalue weighted by atomic mass is 9.91. The first-order valence-corrected chi connectivity index (χ1v) is 12.1. The Hall–Kier alpha value is -4.20. The molecule has 3 aromatic heterocycles. The van der Waals surface area contributed by atoms with Crippen LogP contribution in [0.5, 0.6) is 0 Å². The molecule has 5 rings (SSSR count). The molecule has 2 amide bonds. The maximum Gasteiger partial charge on any atom is 0.407 e. The van der Waals surface area contributed by atoms with Crippen molar-refractivity contribution >= 4 is 23.3 Å². The number of amides is 2. The summed E-state index contributed by atoms with van der Waals surface area (Å²) in [6.07, 6.45) is 9.44. The number of carbonyl (C=O) groups is 2. The summed E-state index contributed by atoms with van der Waals surface area (Å²) in [7, 11) is 1.35. The maximum absolute atomic E-state index is 13.3. The van der Waals surface area contributed by atoms with Crippen molar-refractivity contribution in [2.45, 2.75) is 63.1 Å². The van der Waals surface area contributed by atoms with Crippen LogP contribution in [0.2, 0.25) is 0 Å². The Morgan fingerprint density at radius 2 is 1.81 bits per heavy atom. The van der Waals surface area contributed by atoms with Crippen molar-refractivity contribution in [1.82, 2.24) is 30.2 Å². The molecule has 186 valence electrons. The van der Waals surface area contributed by atoms with Gasteiger partial charge >= 0.3 is 6.09 Å². The second kappa shape index (κ2) is 9.45. The molecule has 11 nitrogen and oxygen atoms in total. The fourth-order valence-electron chi connectivity index (χ4n) is 4.50. The lowest BCUT2D eigenvalue weighted by Gasteiger charge is -2.29. The van der Waals surface area contributed by atoms with Gasteiger partial charge in [-0.25, -0.2) is 14.3 Å². The molecular weight excluding hydrogens is 460 g/mol. The first-order valence-electron chi connectivity index (χ1n) is 12.1. The zero-order valence-electron chi connectivity index (χ0n) is 20.2. The molecule has 2 fully saturated rings. The van der Waals surface area contributed by atoms with Crippen LogP contribution in [0.15, 0.2) is 30.7 Å². The summed E-state index contributed by atoms with van der Waals surface area (Å²) in [6.45, 7) is 2.13. The molecule has 36 heavy (non-hydrogen) atoms. The van der Waals surface area contributed by atoms with Gasteiger partial charge in [-0.1, -0.05) is 0 Å². The molecule has 0 radical (unpaired) electrons. The van der Waals surface area contributed by atoms with Gasteiger partial charge in [0.05, 0.1) is 42.0 Å². The van der Waals surface area contributed by atoms with Crippen LogP contribution in [0.3, 0.4) is 0 Å². The number of rotatable bonds is 6. The quantitative estimate of drug-likeness (QED) is 0.480. The lowest BCUT2D eigenvalue weighted by Crippen LogP contribution is -2.44. The van der Waals surface area contributed by atoms with Crippen LogP contribution in [-0.2, 0) is 4.74 Å². The Labute approximate surface area is 208 Å². The molecule has 3 N–H and O–H groups in total. The number of methoxy groups -OCH3 is 1. The summed E-state index contributed by atoms with van der Waals surface area (Å²) in [5.74, 6) is -0.180. The minimum atomic E-state index is -0.426. The van der Waals surface area contributed by atoms with E-state index in [9.17, 15) is 9.59 Å². The molecule has 0 unspecified atom stereocenters. The zero-order valence-corrected chi connectivity index (χ0v) is 20.2. The second-order valence-electron chi connectivity index (χ2n) is 9.73. The van der Waals surface area contributed by atoms with Crippen LogP contribution in [0.4, 0.5) is 10.5 Å². The van der Waals surface area contributed by atoms with Gasteiger partial charge in [-0.15, -0.1) is 0 Å². The van der Waals surface area contributed by atoms with Crippen LogP contribution in [-0.4, -0.2) is 56.3 Å². The number of imidazole rings is 1. The van der Waals surface area contributed by atoms with Crippen LogP contribution >= 0.6 is 0 Å². The Morgan fingerprint density at radius 3 is 2.47 bits per heavy atom. The molecular formula is C25H28N8O3. The minimum absolute atomic E-state index is 0.0227. The van der Waals surface area contributed by atoms with E-state index in [1.807, 2.05) is 6.07 Å². The number of hydrogen-bond acceptors (Lipinski definition) is 8. The lowest BCUT2D eigenvalue weighted by molar-refractivity contribution is 0.0923. The molecule has 0 atom stereocenters. The Kier molecular flexibility index (Phi) is 6.18. The predicted molar refractivity (Wildman–Crippen MR) is 131 cm³/mol. The molecule has 2 aliphatic rings. The highest BCUT2D eigenvalue weighted by Gasteiger charge is 2.38. The van der Waals surface area contributed by atoms with Crippen molar-refractivity contribution < 1.29 is 14.3 Å². The summed E-state index contributed by atoms with van der Waals surface area (Å²) >= 11 is 0. The summed E-state index contributed by atoms with van der Waals surface area (Å²) in [4.78, 5) is 33.7. The van der Waals surface area contributed by atoms with Crippen LogP contribution in [0, 0.1) is 11.3 Å². The molecule has 0 aliphatic heterocycles. The van der Waals surface area contributed by atoms with Crippen molar-refractivity contribution in [3.05, 3.63) is 41.9 Å². The van der Waals surface area contributed by atoms with E-state index in [4.69, 9.17) is 5.26 Å². The Bertz CT molecular complexity index is 1350. The molecule has 0 spiro atoms. The Morgan fingerprint density at radius 1 is 1.08 bits per heavy atom. The van der Waals surface area contributed by atoms with Crippen LogP contribution in [0.1, 0.15) is 61.4 Å². The SMILES string of the molecule is COC(=O)N[C@H]1CC[C@H](NC(=O)c2cnc(-c3cnc4cc(C#N)cnn34)cc2NC2(C)CC2)CC1. The van der Waals surface area contributed by atoms with Gasteiger partial charge in [0, 0.05) is 29.9 Å². The van der Waals surface area contributed by atoms with Gasteiger partial charge in [-0.3, -0.25) is 9.78 Å². The van der Waals surface area contributed by atoms with Crippen molar-refractivity contribution in [1.29, 1.82) is 5.26 Å². The molecule has 2 aliphatic carbocycles. The number of carbonyl (C=O) groups excluding carboxylic acids is 2. The highest BCUT2D eigenvalue weighted by molar-refractivity contribution is 6.00. The molecule has 3 heterocycles. The number of nitrogens with zero attached hydrogens (tertiary/aromatic N) is 5. The van der Waals surface area contributed by atoms with Gasteiger partial charge in [-0.2, -0.15) is 10.4 Å². The molecule has 11 heteroatoms. The van der Waals surface area contributed by atoms with Gasteiger partial charge < -0.3 is 20.7 Å². The van der Waals surface area contributed by atoms with Crippen LogP contribution in [0.25, 0.3) is 17.0 Å². The molecule has 2 saturated carbocycles. The summed E-state index contributed by atoms with van der Waals surface area (Å²) in [5, 5.41) is 23.0. The third-order valence-corrected chi connectivity index (χ3v) is 6.91. The number of nitriles is 1. The number of alkyl carbamates (subject to hydrolysis) is 1. The van der Waals surface area contributed by atoms with Gasteiger partial charge in [0.2, 0.25) is 0 Å². The van der Waals surface area contributed by atoms with E-state index in [2.05, 4.69) is 48.7 Å². The predicted octanol–water partition coefficient (Wildman–Crippen LogP) is 3.02. The summed E-state index contributed by atoms with van der Waals surface area (Å²) in [6, 6.07) is 5.67. The number of pyridine rings is 1. The fraction of sp³-hybridized carbons (Fsp3) is 0.440. The fourth-order valence-corrected chi connectivity index (χ4v) is 4.50. The topological polar surface area (TPSA) is 146 Å². The number of aromatic nitrogens is 4. The van der Waals surface area contributed by atoms with Crippen molar-refractivity contribution in [3.8, 4) is 17.5 Å². The molecule has 0 bridgehead atoms. The number of ether oxygens (including phenoxy) is 1. The third kappa shape index (κ3) is 4.93. The van der Waals surface area contributed by atoms with Crippen molar-refractivity contribution in [2.24, 2.45) is 0 Å². The van der Waals surface area contributed by atoms with Gasteiger partial charge in [0.1, 0.15) is 11.8 Å². The monoisotopic (exact) mass is 488 g/mol. The largest absolute Gasteiger partial charge is 0.453 e. The first kappa shape index (κ1) is 23.5. The van der Waals surface area contributed by atoms with E-state index in [1.165, 1.54) is 13.3 Å². The maximum atomic E-state index is 13.3. The van der Waals surface area contributed by atoms with E-state index in [0.717, 1.165) is 38.5 Å². The van der Waals surface area contributed by atoms with E-state index in [0.29, 0.717) is 33.8 Å². The molecule has 0 saturated heterocycles. The van der Waals surface area contributed by atoms with E-state index in [1.54, 1.807) is 23.0 Å². The van der Waals surface area contributed by atoms with Gasteiger partial charge in [-0.05, 0) is 51.5 Å². The summed E-state index contributed by atoms with van der Waals surface area (Å²) < 4.78 is 6.31. The van der Waals surface area contributed by atoms with Crippen LogP contribution < -0.4 is 16.0 Å². The highest BCUT2D eigenvalue weighted by Crippen LogP contribution is 2.39. The van der Waals surface area contributed by atoms with E-state index < -0.39 is 6.09 Å². The molecule has 0 aromatic carbocycles. The normalized spacial score (nSPS) is 20.2. The number of fused-ring (bicyclic) bond motifs is 1. The van der Waals surface area contributed by atoms with Crippen molar-refractivity contribution in [3.63, 3.8) is 0 Å². The average Bonchev–Trinajstić information content (AvgIpc) is 3.45. The second-order valence-corrected chi connectivity index (χ2v) is 9.73. The first-order chi connectivity index (χ1) is 17.4. The van der Waals surface area contributed by atoms with E-state index in [-0.39, 0.29) is 23.5 Å². The standard InChI is InChI=1S/C25H28N8O3/c1-25(7-8-25)32-19-10-20(21-14-28-22-9-15(11-26)12-29-33(21)22)27-13-18(19)23(34)30-16-3-5-17(6-4-16)31-24(35)36-2/h9-10,12-14,16-17H,3-8H2,1-2H3,(H,27,32)(H,30,34)(H,31,35)/t16-,17-. The number of nitrogens with one attached hydrogen (secondary N) is 3. The van der Waals surface area contributed by atoms with E-state index >= 15 is 0 Å². The highest BCUT2D eigenvalue weighted by atomic mass is 16.5.